The van der Waals surface area contributed by atoms with E-state index in [1.54, 1.807) is 17.0 Å². The number of nitrogens with zero attached hydrogens (tertiary/aromatic N) is 1. The number of ether oxygens (including phenoxy) is 1. The van der Waals surface area contributed by atoms with Crippen molar-refractivity contribution in [3.05, 3.63) is 28.8 Å². The molecule has 0 bridgehead atoms. The molecular weight excluding hydrogens is 268 g/mol. The molecule has 0 unspecified atom stereocenters. The predicted octanol–water partition coefficient (Wildman–Crippen LogP) is 2.36. The molecule has 19 heavy (non-hydrogen) atoms. The molecule has 1 aromatic carbocycles. The Morgan fingerprint density at radius 3 is 2.68 bits per heavy atom. The van der Waals surface area contributed by atoms with Crippen molar-refractivity contribution >= 4 is 29.3 Å². The molecule has 0 fully saturated rings. The van der Waals surface area contributed by atoms with Crippen LogP contribution >= 0.6 is 11.6 Å². The predicted molar refractivity (Wildman–Crippen MR) is 74.6 cm³/mol. The highest BCUT2D eigenvalue weighted by Crippen LogP contribution is 2.26. The molecule has 104 valence electrons. The summed E-state index contributed by atoms with van der Waals surface area (Å²) in [5.74, 6) is -0.114. The van der Waals surface area contributed by atoms with Crippen LogP contribution < -0.4 is 10.2 Å². The molecule has 5 nitrogen and oxygen atoms in total. The normalized spacial score (nSPS) is 9.89. The lowest BCUT2D eigenvalue weighted by molar-refractivity contribution is -0.116. The molecule has 0 saturated carbocycles. The van der Waals surface area contributed by atoms with Gasteiger partial charge in [-0.15, -0.1) is 0 Å². The summed E-state index contributed by atoms with van der Waals surface area (Å²) in [6.07, 6.45) is -0.522. The van der Waals surface area contributed by atoms with Gasteiger partial charge in [0.2, 0.25) is 5.91 Å². The molecule has 2 amide bonds. The minimum atomic E-state index is -0.522. The van der Waals surface area contributed by atoms with E-state index in [2.05, 4.69) is 10.1 Å². The van der Waals surface area contributed by atoms with Crippen LogP contribution in [0.15, 0.2) is 18.2 Å². The molecule has 6 heteroatoms. The summed E-state index contributed by atoms with van der Waals surface area (Å²) in [4.78, 5) is 24.2. The first-order valence-corrected chi connectivity index (χ1v) is 6.20. The summed E-state index contributed by atoms with van der Waals surface area (Å²) >= 11 is 6.04. The quantitative estimate of drug-likeness (QED) is 0.923. The second-order valence-electron chi connectivity index (χ2n) is 3.97. The van der Waals surface area contributed by atoms with E-state index in [1.165, 1.54) is 14.0 Å². The molecule has 1 aromatic rings. The van der Waals surface area contributed by atoms with Crippen LogP contribution in [0.1, 0.15) is 12.5 Å². The molecule has 0 aliphatic heterocycles. The van der Waals surface area contributed by atoms with Gasteiger partial charge in [0.25, 0.3) is 0 Å². The Kier molecular flexibility index (Phi) is 5.63. The number of carbonyl (C=O) groups is 2. The molecule has 0 saturated heterocycles. The molecule has 0 heterocycles. The minimum absolute atomic E-state index is 0.114. The lowest BCUT2D eigenvalue weighted by Gasteiger charge is -2.23. The maximum Gasteiger partial charge on any atom is 0.406 e. The van der Waals surface area contributed by atoms with Gasteiger partial charge < -0.3 is 15.0 Å². The summed E-state index contributed by atoms with van der Waals surface area (Å²) < 4.78 is 4.47. The van der Waals surface area contributed by atoms with Gasteiger partial charge >= 0.3 is 6.09 Å². The highest BCUT2D eigenvalue weighted by molar-refractivity contribution is 6.31. The SMILES string of the molecule is COC(=O)NCCN(C(C)=O)c1cccc(Cl)c1C. The van der Waals surface area contributed by atoms with Crippen molar-refractivity contribution < 1.29 is 14.3 Å². The van der Waals surface area contributed by atoms with Gasteiger partial charge in [0.15, 0.2) is 0 Å². The fraction of sp³-hybridized carbons (Fsp3) is 0.385. The van der Waals surface area contributed by atoms with E-state index in [0.29, 0.717) is 18.1 Å². The van der Waals surface area contributed by atoms with Crippen LogP contribution in [-0.4, -0.2) is 32.2 Å². The molecule has 0 spiro atoms. The summed E-state index contributed by atoms with van der Waals surface area (Å²) in [5, 5.41) is 3.14. The Hall–Kier alpha value is -1.75. The van der Waals surface area contributed by atoms with Crippen molar-refractivity contribution in [1.82, 2.24) is 5.32 Å². The van der Waals surface area contributed by atoms with Crippen LogP contribution in [-0.2, 0) is 9.53 Å². The zero-order valence-electron chi connectivity index (χ0n) is 11.2. The number of alkyl carbamates (subject to hydrolysis) is 1. The molecule has 0 aliphatic carbocycles. The third-order valence-corrected chi connectivity index (χ3v) is 3.11. The van der Waals surface area contributed by atoms with Crippen molar-refractivity contribution in [2.75, 3.05) is 25.1 Å². The maximum atomic E-state index is 11.7. The number of methoxy groups -OCH3 is 1. The van der Waals surface area contributed by atoms with Crippen LogP contribution in [0, 0.1) is 6.92 Å². The van der Waals surface area contributed by atoms with E-state index in [4.69, 9.17) is 11.6 Å². The Balaban J connectivity index is 2.81. The van der Waals surface area contributed by atoms with Crippen LogP contribution in [0.4, 0.5) is 10.5 Å². The number of hydrogen-bond acceptors (Lipinski definition) is 3. The zero-order valence-corrected chi connectivity index (χ0v) is 12.0. The highest BCUT2D eigenvalue weighted by atomic mass is 35.5. The molecule has 0 radical (unpaired) electrons. The number of hydrogen-bond donors (Lipinski definition) is 1. The number of amides is 2. The fourth-order valence-electron chi connectivity index (χ4n) is 1.68. The van der Waals surface area contributed by atoms with Gasteiger partial charge in [-0.2, -0.15) is 0 Å². The second kappa shape index (κ2) is 6.99. The Labute approximate surface area is 117 Å². The number of halogens is 1. The standard InChI is InChI=1S/C13H17ClN2O3/c1-9-11(14)5-4-6-12(9)16(10(2)17)8-7-15-13(18)19-3/h4-6H,7-8H2,1-3H3,(H,15,18). The number of benzene rings is 1. The lowest BCUT2D eigenvalue weighted by Crippen LogP contribution is -2.37. The number of nitrogens with one attached hydrogen (secondary N) is 1. The number of carbonyl (C=O) groups excluding carboxylic acids is 2. The Morgan fingerprint density at radius 2 is 2.11 bits per heavy atom. The van der Waals surface area contributed by atoms with Crippen LogP contribution in [0.3, 0.4) is 0 Å². The molecule has 0 aliphatic rings. The third kappa shape index (κ3) is 4.13. The summed E-state index contributed by atoms with van der Waals surface area (Å²) in [7, 11) is 1.29. The maximum absolute atomic E-state index is 11.7. The van der Waals surface area contributed by atoms with Gasteiger partial charge in [0, 0.05) is 30.7 Å². The van der Waals surface area contributed by atoms with Crippen molar-refractivity contribution in [2.24, 2.45) is 0 Å². The van der Waals surface area contributed by atoms with Gasteiger partial charge in [-0.1, -0.05) is 17.7 Å². The van der Waals surface area contributed by atoms with E-state index in [0.717, 1.165) is 11.3 Å². The van der Waals surface area contributed by atoms with Gasteiger partial charge in [-0.25, -0.2) is 4.79 Å². The van der Waals surface area contributed by atoms with E-state index < -0.39 is 6.09 Å². The fourth-order valence-corrected chi connectivity index (χ4v) is 1.85. The van der Waals surface area contributed by atoms with Gasteiger partial charge in [-0.05, 0) is 24.6 Å². The minimum Gasteiger partial charge on any atom is -0.453 e. The van der Waals surface area contributed by atoms with E-state index >= 15 is 0 Å². The average molecular weight is 285 g/mol. The first-order valence-electron chi connectivity index (χ1n) is 5.82. The summed E-state index contributed by atoms with van der Waals surface area (Å²) in [5.41, 5.74) is 1.57. The first-order chi connectivity index (χ1) is 8.97. The van der Waals surface area contributed by atoms with E-state index in [9.17, 15) is 9.59 Å². The van der Waals surface area contributed by atoms with Gasteiger partial charge in [0.05, 0.1) is 7.11 Å². The summed E-state index contributed by atoms with van der Waals surface area (Å²) in [6.45, 7) is 3.98. The van der Waals surface area contributed by atoms with Crippen molar-refractivity contribution in [2.45, 2.75) is 13.8 Å². The highest BCUT2D eigenvalue weighted by Gasteiger charge is 2.15. The molecule has 1 rings (SSSR count). The Morgan fingerprint density at radius 1 is 1.42 bits per heavy atom. The molecule has 1 N–H and O–H groups in total. The van der Waals surface area contributed by atoms with Crippen molar-refractivity contribution in [3.8, 4) is 0 Å². The molecule has 0 atom stereocenters. The number of rotatable bonds is 4. The molecular formula is C13H17ClN2O3. The molecule has 0 aromatic heterocycles. The Bertz CT molecular complexity index is 477. The van der Waals surface area contributed by atoms with Crippen molar-refractivity contribution in [3.63, 3.8) is 0 Å². The zero-order chi connectivity index (χ0) is 14.4. The third-order valence-electron chi connectivity index (χ3n) is 2.70. The van der Waals surface area contributed by atoms with E-state index in [-0.39, 0.29) is 5.91 Å². The monoisotopic (exact) mass is 284 g/mol. The van der Waals surface area contributed by atoms with Crippen LogP contribution in [0.25, 0.3) is 0 Å². The first kappa shape index (κ1) is 15.3. The van der Waals surface area contributed by atoms with Crippen LogP contribution in [0.2, 0.25) is 5.02 Å². The average Bonchev–Trinajstić information content (AvgIpc) is 2.38. The van der Waals surface area contributed by atoms with E-state index in [1.807, 2.05) is 13.0 Å². The smallest absolute Gasteiger partial charge is 0.406 e. The van der Waals surface area contributed by atoms with Crippen molar-refractivity contribution in [1.29, 1.82) is 0 Å². The number of anilines is 1. The summed E-state index contributed by atoms with van der Waals surface area (Å²) in [6, 6.07) is 5.38. The van der Waals surface area contributed by atoms with Gasteiger partial charge in [0.1, 0.15) is 0 Å². The second-order valence-corrected chi connectivity index (χ2v) is 4.38. The lowest BCUT2D eigenvalue weighted by atomic mass is 10.1. The topological polar surface area (TPSA) is 58.6 Å². The van der Waals surface area contributed by atoms with Crippen LogP contribution in [0.5, 0.6) is 0 Å². The largest absolute Gasteiger partial charge is 0.453 e. The van der Waals surface area contributed by atoms with Gasteiger partial charge in [-0.3, -0.25) is 4.79 Å².